The lowest BCUT2D eigenvalue weighted by Gasteiger charge is -2.33. The van der Waals surface area contributed by atoms with Crippen molar-refractivity contribution >= 4 is 34.6 Å². The lowest BCUT2D eigenvalue weighted by Crippen LogP contribution is -2.44. The second kappa shape index (κ2) is 10.3. The maximum atomic E-state index is 12.0. The quantitative estimate of drug-likeness (QED) is 0.463. The molecule has 0 atom stereocenters. The molecule has 1 aromatic carbocycles. The molecule has 0 unspecified atom stereocenters. The summed E-state index contributed by atoms with van der Waals surface area (Å²) in [5.41, 5.74) is 8.05. The molecule has 0 bridgehead atoms. The van der Waals surface area contributed by atoms with Crippen molar-refractivity contribution < 1.29 is 14.3 Å². The Kier molecular flexibility index (Phi) is 6.98. The molecule has 4 N–H and O–H groups in total. The van der Waals surface area contributed by atoms with E-state index in [1.165, 1.54) is 6.20 Å². The minimum Gasteiger partial charge on any atom is -0.497 e. The molecule has 1 fully saturated rings. The molecule has 3 aromatic rings. The summed E-state index contributed by atoms with van der Waals surface area (Å²) < 4.78 is 10.7. The van der Waals surface area contributed by atoms with Crippen molar-refractivity contribution in [1.82, 2.24) is 14.9 Å². The van der Waals surface area contributed by atoms with E-state index < -0.39 is 5.91 Å². The number of pyridine rings is 2. The number of methoxy groups -OCH3 is 2. The van der Waals surface area contributed by atoms with Gasteiger partial charge in [-0.2, -0.15) is 0 Å². The first-order chi connectivity index (χ1) is 16.5. The summed E-state index contributed by atoms with van der Waals surface area (Å²) in [5.74, 6) is 1.77. The molecule has 0 radical (unpaired) electrons. The van der Waals surface area contributed by atoms with Gasteiger partial charge in [0.2, 0.25) is 0 Å². The average Bonchev–Trinajstić information content (AvgIpc) is 2.85. The average molecular weight is 464 g/mol. The van der Waals surface area contributed by atoms with Crippen molar-refractivity contribution in [3.05, 3.63) is 54.4 Å². The van der Waals surface area contributed by atoms with Crippen LogP contribution in [0.1, 0.15) is 10.4 Å². The predicted molar refractivity (Wildman–Crippen MR) is 133 cm³/mol. The molecule has 1 aliphatic rings. The van der Waals surface area contributed by atoms with Crippen LogP contribution in [-0.4, -0.2) is 68.2 Å². The third-order valence-corrected chi connectivity index (χ3v) is 5.72. The van der Waals surface area contributed by atoms with Gasteiger partial charge in [-0.05, 0) is 31.3 Å². The minimum atomic E-state index is -0.594. The second-order valence-corrected chi connectivity index (χ2v) is 7.99. The highest BCUT2D eigenvalue weighted by atomic mass is 16.5. The van der Waals surface area contributed by atoms with Crippen molar-refractivity contribution in [3.8, 4) is 11.5 Å². The van der Waals surface area contributed by atoms with Gasteiger partial charge >= 0.3 is 0 Å². The Labute approximate surface area is 198 Å². The zero-order chi connectivity index (χ0) is 24.1. The molecule has 10 heteroatoms. The van der Waals surface area contributed by atoms with Crippen LogP contribution in [0, 0.1) is 0 Å². The first-order valence-electron chi connectivity index (χ1n) is 10.9. The number of hydrogen-bond donors (Lipinski definition) is 3. The van der Waals surface area contributed by atoms with Crippen LogP contribution in [-0.2, 0) is 0 Å². The molecular weight excluding hydrogens is 434 g/mol. The highest BCUT2D eigenvalue weighted by Gasteiger charge is 2.16. The molecular formula is C24H29N7O3. The molecule has 2 aromatic heterocycles. The van der Waals surface area contributed by atoms with Gasteiger partial charge in [-0.3, -0.25) is 4.79 Å². The third kappa shape index (κ3) is 5.29. The first kappa shape index (κ1) is 23.1. The topological polar surface area (TPSA) is 118 Å². The van der Waals surface area contributed by atoms with E-state index in [1.807, 2.05) is 18.3 Å². The standard InChI is InChI=1S/C24H29N7O3/c1-30-8-10-31(11-9-30)16-4-7-22(26-14-16)29-23-13-20(18(15-27-23)24(25)32)28-19-6-5-17(33-2)12-21(19)34-3/h4-7,12-15H,8-11H2,1-3H3,(H2,25,32)(H2,26,27,28,29). The first-order valence-corrected chi connectivity index (χ1v) is 10.9. The van der Waals surface area contributed by atoms with Crippen LogP contribution in [0.4, 0.5) is 28.7 Å². The van der Waals surface area contributed by atoms with E-state index in [-0.39, 0.29) is 5.56 Å². The Morgan fingerprint density at radius 3 is 2.32 bits per heavy atom. The number of carbonyl (C=O) groups excluding carboxylic acids is 1. The van der Waals surface area contributed by atoms with Crippen LogP contribution in [0.3, 0.4) is 0 Å². The van der Waals surface area contributed by atoms with Crippen LogP contribution < -0.4 is 30.7 Å². The van der Waals surface area contributed by atoms with Crippen LogP contribution in [0.15, 0.2) is 48.8 Å². The maximum Gasteiger partial charge on any atom is 0.252 e. The number of rotatable bonds is 8. The molecule has 1 amide bonds. The molecule has 1 aliphatic heterocycles. The number of anilines is 5. The number of aromatic nitrogens is 2. The molecule has 178 valence electrons. The van der Waals surface area contributed by atoms with E-state index in [0.29, 0.717) is 34.5 Å². The Balaban J connectivity index is 1.54. The Morgan fingerprint density at radius 2 is 1.68 bits per heavy atom. The van der Waals surface area contributed by atoms with Gasteiger partial charge in [-0.1, -0.05) is 0 Å². The van der Waals surface area contributed by atoms with E-state index in [1.54, 1.807) is 38.5 Å². The number of benzene rings is 1. The van der Waals surface area contributed by atoms with Gasteiger partial charge in [0.1, 0.15) is 23.1 Å². The van der Waals surface area contributed by atoms with Crippen molar-refractivity contribution in [2.75, 3.05) is 63.0 Å². The summed E-state index contributed by atoms with van der Waals surface area (Å²) in [6.45, 7) is 4.02. The van der Waals surface area contributed by atoms with E-state index >= 15 is 0 Å². The fraction of sp³-hybridized carbons (Fsp3) is 0.292. The monoisotopic (exact) mass is 463 g/mol. The molecule has 1 saturated heterocycles. The summed E-state index contributed by atoms with van der Waals surface area (Å²) in [4.78, 5) is 25.5. The van der Waals surface area contributed by atoms with Gasteiger partial charge in [-0.15, -0.1) is 0 Å². The fourth-order valence-corrected chi connectivity index (χ4v) is 3.71. The second-order valence-electron chi connectivity index (χ2n) is 7.99. The number of nitrogens with one attached hydrogen (secondary N) is 2. The number of amides is 1. The number of ether oxygens (including phenoxy) is 2. The SMILES string of the molecule is COc1ccc(Nc2cc(Nc3ccc(N4CCN(C)CC4)cn3)ncc2C(N)=O)c(OC)c1. The van der Waals surface area contributed by atoms with Gasteiger partial charge < -0.3 is 35.6 Å². The summed E-state index contributed by atoms with van der Waals surface area (Å²) >= 11 is 0. The Bertz CT molecular complexity index is 1150. The van der Waals surface area contributed by atoms with Gasteiger partial charge in [0.05, 0.1) is 43.0 Å². The minimum absolute atomic E-state index is 0.252. The Hall–Kier alpha value is -4.05. The molecule has 10 nitrogen and oxygen atoms in total. The normalized spacial score (nSPS) is 13.9. The summed E-state index contributed by atoms with van der Waals surface area (Å²) in [6, 6.07) is 11.0. The largest absolute Gasteiger partial charge is 0.497 e. The number of piperazine rings is 1. The van der Waals surface area contributed by atoms with Crippen LogP contribution in [0.25, 0.3) is 0 Å². The summed E-state index contributed by atoms with van der Waals surface area (Å²) in [6.07, 6.45) is 3.29. The smallest absolute Gasteiger partial charge is 0.252 e. The van der Waals surface area contributed by atoms with E-state index in [9.17, 15) is 4.79 Å². The van der Waals surface area contributed by atoms with Crippen molar-refractivity contribution in [2.24, 2.45) is 5.73 Å². The van der Waals surface area contributed by atoms with Crippen LogP contribution in [0.2, 0.25) is 0 Å². The molecule has 0 saturated carbocycles. The summed E-state index contributed by atoms with van der Waals surface area (Å²) in [5, 5.41) is 6.40. The molecule has 0 spiro atoms. The molecule has 0 aliphatic carbocycles. The van der Waals surface area contributed by atoms with Crippen molar-refractivity contribution in [1.29, 1.82) is 0 Å². The zero-order valence-electron chi connectivity index (χ0n) is 19.5. The number of likely N-dealkylation sites (N-methyl/N-ethyl adjacent to an activating group) is 1. The number of nitrogens with zero attached hydrogens (tertiary/aromatic N) is 4. The van der Waals surface area contributed by atoms with E-state index in [0.717, 1.165) is 31.9 Å². The van der Waals surface area contributed by atoms with Crippen molar-refractivity contribution in [3.63, 3.8) is 0 Å². The van der Waals surface area contributed by atoms with Gasteiger partial charge in [0.25, 0.3) is 5.91 Å². The van der Waals surface area contributed by atoms with Gasteiger partial charge in [-0.25, -0.2) is 9.97 Å². The molecule has 3 heterocycles. The number of nitrogens with two attached hydrogens (primary N) is 1. The number of carbonyl (C=O) groups is 1. The molecule has 34 heavy (non-hydrogen) atoms. The predicted octanol–water partition coefficient (Wildman–Crippen LogP) is 2.83. The maximum absolute atomic E-state index is 12.0. The molecule has 4 rings (SSSR count). The van der Waals surface area contributed by atoms with Crippen LogP contribution >= 0.6 is 0 Å². The fourth-order valence-electron chi connectivity index (χ4n) is 3.71. The number of hydrogen-bond acceptors (Lipinski definition) is 9. The Morgan fingerprint density at radius 1 is 0.912 bits per heavy atom. The zero-order valence-corrected chi connectivity index (χ0v) is 19.5. The van der Waals surface area contributed by atoms with E-state index in [4.69, 9.17) is 15.2 Å². The highest BCUT2D eigenvalue weighted by Crippen LogP contribution is 2.33. The lowest BCUT2D eigenvalue weighted by atomic mass is 10.2. The lowest BCUT2D eigenvalue weighted by molar-refractivity contribution is 0.100. The summed E-state index contributed by atoms with van der Waals surface area (Å²) in [7, 11) is 5.28. The van der Waals surface area contributed by atoms with E-state index in [2.05, 4.69) is 37.4 Å². The highest BCUT2D eigenvalue weighted by molar-refractivity contribution is 5.99. The van der Waals surface area contributed by atoms with Crippen LogP contribution in [0.5, 0.6) is 11.5 Å². The third-order valence-electron chi connectivity index (χ3n) is 5.72. The van der Waals surface area contributed by atoms with Crippen molar-refractivity contribution in [2.45, 2.75) is 0 Å². The van der Waals surface area contributed by atoms with Gasteiger partial charge in [0, 0.05) is 44.5 Å². The van der Waals surface area contributed by atoms with Gasteiger partial charge in [0.15, 0.2) is 0 Å². The number of primary amides is 1.